The largest absolute Gasteiger partial charge is 0.236 e. The van der Waals surface area contributed by atoms with Gasteiger partial charge in [-0.05, 0) is 40.0 Å². The lowest BCUT2D eigenvalue weighted by molar-refractivity contribution is 0.839. The molecule has 0 radical (unpaired) electrons. The molecule has 2 aromatic heterocycles. The van der Waals surface area contributed by atoms with Crippen LogP contribution in [-0.4, -0.2) is 14.8 Å². The van der Waals surface area contributed by atoms with E-state index < -0.39 is 0 Å². The van der Waals surface area contributed by atoms with Crippen LogP contribution in [0.1, 0.15) is 5.56 Å². The van der Waals surface area contributed by atoms with Crippen LogP contribution in [0.15, 0.2) is 59.5 Å². The summed E-state index contributed by atoms with van der Waals surface area (Å²) in [5.74, 6) is 0.808. The molecule has 1 aromatic carbocycles. The number of aromatic nitrogens is 3. The van der Waals surface area contributed by atoms with Gasteiger partial charge in [-0.2, -0.15) is 5.10 Å². The van der Waals surface area contributed by atoms with Crippen LogP contribution >= 0.6 is 15.9 Å². The number of hydrogen-bond acceptors (Lipinski definition) is 2. The summed E-state index contributed by atoms with van der Waals surface area (Å²) in [5, 5.41) is 4.39. The van der Waals surface area contributed by atoms with E-state index in [2.05, 4.69) is 38.1 Å². The summed E-state index contributed by atoms with van der Waals surface area (Å²) in [7, 11) is 0. The summed E-state index contributed by atoms with van der Waals surface area (Å²) >= 11 is 3.56. The van der Waals surface area contributed by atoms with Crippen molar-refractivity contribution >= 4 is 15.9 Å². The molecule has 0 unspecified atom stereocenters. The van der Waals surface area contributed by atoms with Gasteiger partial charge in [-0.1, -0.05) is 30.3 Å². The van der Waals surface area contributed by atoms with Gasteiger partial charge in [0.15, 0.2) is 5.82 Å². The highest BCUT2D eigenvalue weighted by molar-refractivity contribution is 9.10. The zero-order valence-corrected chi connectivity index (χ0v) is 12.0. The van der Waals surface area contributed by atoms with Crippen molar-refractivity contribution in [3.63, 3.8) is 0 Å². The molecule has 0 aliphatic rings. The van der Waals surface area contributed by atoms with Crippen molar-refractivity contribution in [2.75, 3.05) is 0 Å². The number of nitrogens with zero attached hydrogens (tertiary/aromatic N) is 3. The van der Waals surface area contributed by atoms with E-state index in [4.69, 9.17) is 0 Å². The summed E-state index contributed by atoms with van der Waals surface area (Å²) in [5.41, 5.74) is 3.37. The number of aryl methyl sites for hydroxylation is 1. The molecule has 0 atom stereocenters. The molecule has 0 amide bonds. The molecule has 3 nitrogen and oxygen atoms in total. The Kier molecular flexibility index (Phi) is 3.17. The zero-order chi connectivity index (χ0) is 13.2. The van der Waals surface area contributed by atoms with Crippen LogP contribution in [0.3, 0.4) is 0 Å². The van der Waals surface area contributed by atoms with Crippen molar-refractivity contribution in [3.05, 3.63) is 65.0 Å². The minimum absolute atomic E-state index is 0.808. The summed E-state index contributed by atoms with van der Waals surface area (Å²) < 4.78 is 2.76. The Morgan fingerprint density at radius 2 is 1.84 bits per heavy atom. The standard InChI is InChI=1S/C15H12BrN3/c1-11-7-8-17-15(14(11)16)19-10-13(9-18-19)12-5-3-2-4-6-12/h2-10H,1H3. The normalized spacial score (nSPS) is 10.6. The highest BCUT2D eigenvalue weighted by Crippen LogP contribution is 2.24. The molecule has 0 N–H and O–H groups in total. The van der Waals surface area contributed by atoms with Gasteiger partial charge in [-0.3, -0.25) is 0 Å². The lowest BCUT2D eigenvalue weighted by Gasteiger charge is -2.05. The van der Waals surface area contributed by atoms with E-state index >= 15 is 0 Å². The third kappa shape index (κ3) is 2.31. The fraction of sp³-hybridized carbons (Fsp3) is 0.0667. The number of benzene rings is 1. The average molecular weight is 314 g/mol. The molecule has 0 saturated heterocycles. The van der Waals surface area contributed by atoms with Gasteiger partial charge >= 0.3 is 0 Å². The van der Waals surface area contributed by atoms with Gasteiger partial charge < -0.3 is 0 Å². The van der Waals surface area contributed by atoms with Gasteiger partial charge in [0.2, 0.25) is 0 Å². The molecule has 19 heavy (non-hydrogen) atoms. The molecular weight excluding hydrogens is 302 g/mol. The maximum absolute atomic E-state index is 4.39. The van der Waals surface area contributed by atoms with E-state index in [-0.39, 0.29) is 0 Å². The number of pyridine rings is 1. The van der Waals surface area contributed by atoms with E-state index in [0.29, 0.717) is 0 Å². The van der Waals surface area contributed by atoms with Gasteiger partial charge in [0.05, 0.1) is 10.7 Å². The number of hydrogen-bond donors (Lipinski definition) is 0. The first kappa shape index (κ1) is 12.1. The predicted molar refractivity (Wildman–Crippen MR) is 79.2 cm³/mol. The van der Waals surface area contributed by atoms with Crippen molar-refractivity contribution in [1.29, 1.82) is 0 Å². The SMILES string of the molecule is Cc1ccnc(-n2cc(-c3ccccc3)cn2)c1Br. The number of rotatable bonds is 2. The second kappa shape index (κ2) is 4.97. The van der Waals surface area contributed by atoms with Crippen LogP contribution in [0.5, 0.6) is 0 Å². The molecule has 0 aliphatic heterocycles. The quantitative estimate of drug-likeness (QED) is 0.715. The summed E-state index contributed by atoms with van der Waals surface area (Å²) in [6.45, 7) is 2.04. The Morgan fingerprint density at radius 1 is 1.05 bits per heavy atom. The van der Waals surface area contributed by atoms with Crippen molar-refractivity contribution in [2.45, 2.75) is 6.92 Å². The molecule has 0 spiro atoms. The van der Waals surface area contributed by atoms with Crippen LogP contribution in [0.2, 0.25) is 0 Å². The van der Waals surface area contributed by atoms with E-state index in [9.17, 15) is 0 Å². The lowest BCUT2D eigenvalue weighted by atomic mass is 10.1. The highest BCUT2D eigenvalue weighted by atomic mass is 79.9. The minimum atomic E-state index is 0.808. The zero-order valence-electron chi connectivity index (χ0n) is 10.4. The van der Waals surface area contributed by atoms with E-state index in [1.54, 1.807) is 10.9 Å². The number of halogens is 1. The second-order valence-corrected chi connectivity index (χ2v) is 5.10. The van der Waals surface area contributed by atoms with E-state index in [1.807, 2.05) is 43.6 Å². The topological polar surface area (TPSA) is 30.7 Å². The van der Waals surface area contributed by atoms with Crippen molar-refractivity contribution in [2.24, 2.45) is 0 Å². The molecule has 2 heterocycles. The molecule has 0 aliphatic carbocycles. The van der Waals surface area contributed by atoms with Gasteiger partial charge in [0.25, 0.3) is 0 Å². The molecule has 94 valence electrons. The fourth-order valence-electron chi connectivity index (χ4n) is 1.90. The Balaban J connectivity index is 2.05. The first-order chi connectivity index (χ1) is 9.25. The van der Waals surface area contributed by atoms with Crippen LogP contribution in [0.25, 0.3) is 16.9 Å². The Labute approximate surface area is 120 Å². The maximum atomic E-state index is 4.39. The smallest absolute Gasteiger partial charge is 0.167 e. The van der Waals surface area contributed by atoms with Gasteiger partial charge in [-0.25, -0.2) is 9.67 Å². The van der Waals surface area contributed by atoms with E-state index in [1.165, 1.54) is 0 Å². The predicted octanol–water partition coefficient (Wildman–Crippen LogP) is 4.01. The third-order valence-electron chi connectivity index (χ3n) is 2.97. The first-order valence-electron chi connectivity index (χ1n) is 5.97. The van der Waals surface area contributed by atoms with Gasteiger partial charge in [0.1, 0.15) is 0 Å². The first-order valence-corrected chi connectivity index (χ1v) is 6.76. The minimum Gasteiger partial charge on any atom is -0.236 e. The van der Waals surface area contributed by atoms with Gasteiger partial charge in [0, 0.05) is 18.0 Å². The van der Waals surface area contributed by atoms with Crippen LogP contribution in [-0.2, 0) is 0 Å². The average Bonchev–Trinajstić information content (AvgIpc) is 2.92. The summed E-state index contributed by atoms with van der Waals surface area (Å²) in [6.07, 6.45) is 5.63. The van der Waals surface area contributed by atoms with Crippen molar-refractivity contribution in [1.82, 2.24) is 14.8 Å². The summed E-state index contributed by atoms with van der Waals surface area (Å²) in [6, 6.07) is 12.2. The molecule has 0 bridgehead atoms. The Hall–Kier alpha value is -1.94. The molecule has 0 saturated carbocycles. The molecule has 3 aromatic rings. The lowest BCUT2D eigenvalue weighted by Crippen LogP contribution is -1.99. The molecular formula is C15H12BrN3. The van der Waals surface area contributed by atoms with Crippen LogP contribution in [0, 0.1) is 6.92 Å². The van der Waals surface area contributed by atoms with E-state index in [0.717, 1.165) is 27.0 Å². The third-order valence-corrected chi connectivity index (χ3v) is 3.95. The van der Waals surface area contributed by atoms with Crippen LogP contribution < -0.4 is 0 Å². The van der Waals surface area contributed by atoms with Gasteiger partial charge in [-0.15, -0.1) is 0 Å². The fourth-order valence-corrected chi connectivity index (χ4v) is 2.32. The summed E-state index contributed by atoms with van der Waals surface area (Å²) in [4.78, 5) is 4.37. The molecule has 0 fully saturated rings. The Bertz CT molecular complexity index is 704. The molecule has 4 heteroatoms. The Morgan fingerprint density at radius 3 is 2.63 bits per heavy atom. The molecule has 3 rings (SSSR count). The highest BCUT2D eigenvalue weighted by Gasteiger charge is 2.08. The maximum Gasteiger partial charge on any atom is 0.167 e. The van der Waals surface area contributed by atoms with Crippen molar-refractivity contribution < 1.29 is 0 Å². The second-order valence-electron chi connectivity index (χ2n) is 4.31. The van der Waals surface area contributed by atoms with Crippen LogP contribution in [0.4, 0.5) is 0 Å². The monoisotopic (exact) mass is 313 g/mol. The van der Waals surface area contributed by atoms with Crippen molar-refractivity contribution in [3.8, 4) is 16.9 Å².